The maximum atomic E-state index is 12.7. The fourth-order valence-corrected chi connectivity index (χ4v) is 3.86. The predicted molar refractivity (Wildman–Crippen MR) is 143 cm³/mol. The highest BCUT2D eigenvalue weighted by molar-refractivity contribution is 14.1. The molecule has 0 spiro atoms. The lowest BCUT2D eigenvalue weighted by Gasteiger charge is -2.15. The minimum absolute atomic E-state index is 0.0335. The van der Waals surface area contributed by atoms with E-state index in [9.17, 15) is 10.1 Å². The van der Waals surface area contributed by atoms with E-state index in [1.54, 1.807) is 12.1 Å². The van der Waals surface area contributed by atoms with Gasteiger partial charge in [-0.3, -0.25) is 4.79 Å². The summed E-state index contributed by atoms with van der Waals surface area (Å²) in [5.41, 5.74) is 2.48. The maximum Gasteiger partial charge on any atom is 0.262 e. The second-order valence-corrected chi connectivity index (χ2v) is 9.11. The van der Waals surface area contributed by atoms with Crippen molar-refractivity contribution < 1.29 is 14.3 Å². The third-order valence-electron chi connectivity index (χ3n) is 4.95. The van der Waals surface area contributed by atoms with E-state index in [4.69, 9.17) is 21.1 Å². The van der Waals surface area contributed by atoms with Gasteiger partial charge >= 0.3 is 0 Å². The van der Waals surface area contributed by atoms with Crippen LogP contribution in [0.15, 0.2) is 72.3 Å². The number of benzene rings is 3. The van der Waals surface area contributed by atoms with Crippen molar-refractivity contribution >= 4 is 46.2 Å². The van der Waals surface area contributed by atoms with Crippen LogP contribution >= 0.6 is 34.2 Å². The molecule has 7 heteroatoms. The normalized spacial score (nSPS) is 11.9. The van der Waals surface area contributed by atoms with Gasteiger partial charge in [0.15, 0.2) is 11.5 Å². The lowest BCUT2D eigenvalue weighted by Crippen LogP contribution is -2.27. The van der Waals surface area contributed by atoms with Crippen LogP contribution in [0.4, 0.5) is 0 Å². The van der Waals surface area contributed by atoms with E-state index in [1.807, 2.05) is 74.5 Å². The summed E-state index contributed by atoms with van der Waals surface area (Å²) < 4.78 is 12.8. The van der Waals surface area contributed by atoms with Crippen molar-refractivity contribution in [3.63, 3.8) is 0 Å². The average Bonchev–Trinajstić information content (AvgIpc) is 2.83. The summed E-state index contributed by atoms with van der Waals surface area (Å²) in [4.78, 5) is 12.7. The van der Waals surface area contributed by atoms with Gasteiger partial charge in [-0.25, -0.2) is 0 Å². The number of carbonyl (C=O) groups is 1. The van der Waals surface area contributed by atoms with Gasteiger partial charge in [0.2, 0.25) is 0 Å². The first-order chi connectivity index (χ1) is 16.4. The van der Waals surface area contributed by atoms with Gasteiger partial charge in [0.1, 0.15) is 18.2 Å². The standard InChI is InChI=1S/C27H24ClIN2O3/c1-3-33-25-15-20(14-24(28)26(25)34-17-19-9-11-23(29)12-10-19)13-22(16-30)27(32)31-18(2)21-7-5-4-6-8-21/h4-15,18H,3,17H2,1-2H3,(H,31,32)/b22-13-/t18-/m0/s1. The number of nitriles is 1. The van der Waals surface area contributed by atoms with Crippen LogP contribution in [-0.2, 0) is 11.4 Å². The summed E-state index contributed by atoms with van der Waals surface area (Å²) in [5, 5.41) is 12.8. The Labute approximate surface area is 218 Å². The molecule has 0 radical (unpaired) electrons. The Bertz CT molecular complexity index is 1210. The summed E-state index contributed by atoms with van der Waals surface area (Å²) in [6.07, 6.45) is 1.49. The van der Waals surface area contributed by atoms with Gasteiger partial charge in [-0.05, 0) is 83.5 Å². The van der Waals surface area contributed by atoms with Crippen molar-refractivity contribution in [2.75, 3.05) is 6.61 Å². The summed E-state index contributed by atoms with van der Waals surface area (Å²) in [5.74, 6) is 0.397. The summed E-state index contributed by atoms with van der Waals surface area (Å²) in [7, 11) is 0. The van der Waals surface area contributed by atoms with Gasteiger partial charge < -0.3 is 14.8 Å². The number of carbonyl (C=O) groups excluding carboxylic acids is 1. The van der Waals surface area contributed by atoms with Crippen LogP contribution in [0.25, 0.3) is 6.08 Å². The highest BCUT2D eigenvalue weighted by Crippen LogP contribution is 2.38. The van der Waals surface area contributed by atoms with Crippen LogP contribution in [0.5, 0.6) is 11.5 Å². The quantitative estimate of drug-likeness (QED) is 0.172. The molecule has 3 aromatic rings. The second kappa shape index (κ2) is 12.4. The second-order valence-electron chi connectivity index (χ2n) is 7.45. The Hall–Kier alpha value is -3.02. The Balaban J connectivity index is 1.81. The maximum absolute atomic E-state index is 12.7. The van der Waals surface area contributed by atoms with Crippen molar-refractivity contribution in [2.45, 2.75) is 26.5 Å². The van der Waals surface area contributed by atoms with Crippen LogP contribution in [0.3, 0.4) is 0 Å². The molecule has 3 aromatic carbocycles. The van der Waals surface area contributed by atoms with Gasteiger partial charge in [-0.1, -0.05) is 54.1 Å². The van der Waals surface area contributed by atoms with Gasteiger partial charge in [-0.15, -0.1) is 0 Å². The monoisotopic (exact) mass is 586 g/mol. The van der Waals surface area contributed by atoms with Crippen molar-refractivity contribution in [2.24, 2.45) is 0 Å². The molecule has 0 bridgehead atoms. The molecule has 0 aliphatic rings. The zero-order chi connectivity index (χ0) is 24.5. The van der Waals surface area contributed by atoms with Gasteiger partial charge in [0, 0.05) is 3.57 Å². The van der Waals surface area contributed by atoms with Crippen molar-refractivity contribution in [1.29, 1.82) is 5.26 Å². The zero-order valence-electron chi connectivity index (χ0n) is 18.8. The number of rotatable bonds is 9. The Morgan fingerprint density at radius 3 is 2.50 bits per heavy atom. The number of ether oxygens (including phenoxy) is 2. The molecule has 0 unspecified atom stereocenters. The highest BCUT2D eigenvalue weighted by atomic mass is 127. The molecule has 34 heavy (non-hydrogen) atoms. The molecule has 0 saturated carbocycles. The molecule has 1 amide bonds. The Kier molecular flexibility index (Phi) is 9.37. The third-order valence-corrected chi connectivity index (χ3v) is 5.95. The van der Waals surface area contributed by atoms with Crippen molar-refractivity contribution in [3.05, 3.63) is 97.6 Å². The molecule has 3 rings (SSSR count). The van der Waals surface area contributed by atoms with Crippen molar-refractivity contribution in [1.82, 2.24) is 5.32 Å². The van der Waals surface area contributed by atoms with Gasteiger partial charge in [0.05, 0.1) is 17.7 Å². The SMILES string of the molecule is CCOc1cc(/C=C(/C#N)C(=O)N[C@@H](C)c2ccccc2)cc(Cl)c1OCc1ccc(I)cc1. The minimum atomic E-state index is -0.466. The number of hydrogen-bond donors (Lipinski definition) is 1. The molecular weight excluding hydrogens is 563 g/mol. The van der Waals surface area contributed by atoms with E-state index < -0.39 is 5.91 Å². The molecule has 5 nitrogen and oxygen atoms in total. The molecule has 1 N–H and O–H groups in total. The van der Waals surface area contributed by atoms with Crippen LogP contribution < -0.4 is 14.8 Å². The lowest BCUT2D eigenvalue weighted by atomic mass is 10.1. The molecular formula is C27H24ClIN2O3. The Morgan fingerprint density at radius 1 is 1.15 bits per heavy atom. The Morgan fingerprint density at radius 2 is 1.85 bits per heavy atom. The molecule has 0 fully saturated rings. The van der Waals surface area contributed by atoms with E-state index >= 15 is 0 Å². The lowest BCUT2D eigenvalue weighted by molar-refractivity contribution is -0.117. The fourth-order valence-electron chi connectivity index (χ4n) is 3.23. The minimum Gasteiger partial charge on any atom is -0.490 e. The number of halogens is 2. The summed E-state index contributed by atoms with van der Waals surface area (Å²) >= 11 is 8.76. The van der Waals surface area contributed by atoms with Crippen LogP contribution in [0.2, 0.25) is 5.02 Å². The van der Waals surface area contributed by atoms with Gasteiger partial charge in [0.25, 0.3) is 5.91 Å². The molecule has 0 aliphatic carbocycles. The number of amides is 1. The topological polar surface area (TPSA) is 71.3 Å². The first-order valence-corrected chi connectivity index (χ1v) is 12.2. The van der Waals surface area contributed by atoms with E-state index in [0.29, 0.717) is 35.3 Å². The smallest absolute Gasteiger partial charge is 0.262 e. The fraction of sp³-hybridized carbons (Fsp3) is 0.185. The number of nitrogens with one attached hydrogen (secondary N) is 1. The molecule has 0 aliphatic heterocycles. The van der Waals surface area contributed by atoms with Gasteiger partial charge in [-0.2, -0.15) is 5.26 Å². The summed E-state index contributed by atoms with van der Waals surface area (Å²) in [6.45, 7) is 4.46. The van der Waals surface area contributed by atoms with E-state index in [1.165, 1.54) is 6.08 Å². The number of hydrogen-bond acceptors (Lipinski definition) is 4. The molecule has 0 heterocycles. The number of nitrogens with zero attached hydrogens (tertiary/aromatic N) is 1. The van der Waals surface area contributed by atoms with Crippen molar-refractivity contribution in [3.8, 4) is 17.6 Å². The van der Waals surface area contributed by atoms with Crippen LogP contribution in [0, 0.1) is 14.9 Å². The molecule has 174 valence electrons. The molecule has 0 saturated heterocycles. The van der Waals surface area contributed by atoms with E-state index in [-0.39, 0.29) is 11.6 Å². The first kappa shape index (κ1) is 25.6. The van der Waals surface area contributed by atoms with E-state index in [2.05, 4.69) is 27.9 Å². The third kappa shape index (κ3) is 6.99. The molecule has 1 atom stereocenters. The van der Waals surface area contributed by atoms with Crippen LogP contribution in [-0.4, -0.2) is 12.5 Å². The largest absolute Gasteiger partial charge is 0.490 e. The van der Waals surface area contributed by atoms with Crippen LogP contribution in [0.1, 0.15) is 36.6 Å². The zero-order valence-corrected chi connectivity index (χ0v) is 21.8. The molecule has 0 aromatic heterocycles. The first-order valence-electron chi connectivity index (χ1n) is 10.7. The highest BCUT2D eigenvalue weighted by Gasteiger charge is 2.16. The predicted octanol–water partition coefficient (Wildman–Crippen LogP) is 6.71. The summed E-state index contributed by atoms with van der Waals surface area (Å²) in [6, 6.07) is 22.6. The average molecular weight is 587 g/mol. The van der Waals surface area contributed by atoms with E-state index in [0.717, 1.165) is 14.7 Å².